The predicted molar refractivity (Wildman–Crippen MR) is 99.5 cm³/mol. The largest absolute Gasteiger partial charge is 0.435 e. The van der Waals surface area contributed by atoms with Gasteiger partial charge in [-0.2, -0.15) is 18.3 Å². The monoisotopic (exact) mass is 416 g/mol. The molecule has 3 rings (SSSR count). The van der Waals surface area contributed by atoms with Gasteiger partial charge in [-0.25, -0.2) is 18.1 Å². The molecule has 1 aliphatic rings. The molecule has 0 radical (unpaired) electrons. The zero-order chi connectivity index (χ0) is 20.7. The fourth-order valence-electron chi connectivity index (χ4n) is 3.71. The topological polar surface area (TPSA) is 68.1 Å². The molecular formula is C18H23F3N4O2S. The van der Waals surface area contributed by atoms with Gasteiger partial charge in [-0.3, -0.25) is 0 Å². The molecule has 28 heavy (non-hydrogen) atoms. The second-order valence-electron chi connectivity index (χ2n) is 7.24. The van der Waals surface area contributed by atoms with Crippen molar-refractivity contribution in [3.63, 3.8) is 0 Å². The number of hydrogen-bond acceptors (Lipinski definition) is 5. The highest BCUT2D eigenvalue weighted by molar-refractivity contribution is 7.90. The Morgan fingerprint density at radius 3 is 2.32 bits per heavy atom. The van der Waals surface area contributed by atoms with Crippen molar-refractivity contribution in [3.8, 4) is 5.69 Å². The quantitative estimate of drug-likeness (QED) is 0.759. The lowest BCUT2D eigenvalue weighted by molar-refractivity contribution is -0.141. The number of hydrogen-bond donors (Lipinski definition) is 0. The van der Waals surface area contributed by atoms with Crippen LogP contribution in [0.1, 0.15) is 43.4 Å². The van der Waals surface area contributed by atoms with Gasteiger partial charge in [0.25, 0.3) is 0 Å². The average Bonchev–Trinajstić information content (AvgIpc) is 2.99. The van der Waals surface area contributed by atoms with Crippen molar-refractivity contribution in [2.75, 3.05) is 18.2 Å². The van der Waals surface area contributed by atoms with E-state index in [1.807, 2.05) is 4.90 Å². The third-order valence-electron chi connectivity index (χ3n) is 5.16. The summed E-state index contributed by atoms with van der Waals surface area (Å²) >= 11 is 0. The van der Waals surface area contributed by atoms with Gasteiger partial charge in [-0.05, 0) is 31.9 Å². The first-order valence-corrected chi connectivity index (χ1v) is 11.0. The summed E-state index contributed by atoms with van der Waals surface area (Å²) < 4.78 is 64.9. The molecule has 0 aromatic carbocycles. The molecule has 154 valence electrons. The van der Waals surface area contributed by atoms with Gasteiger partial charge in [0.15, 0.2) is 20.6 Å². The molecule has 0 spiro atoms. The molecule has 0 unspecified atom stereocenters. The highest BCUT2D eigenvalue weighted by atomic mass is 32.2. The van der Waals surface area contributed by atoms with Crippen LogP contribution in [0, 0.1) is 6.92 Å². The summed E-state index contributed by atoms with van der Waals surface area (Å²) in [5, 5.41) is 3.68. The van der Waals surface area contributed by atoms with E-state index >= 15 is 0 Å². The van der Waals surface area contributed by atoms with Gasteiger partial charge in [0.2, 0.25) is 0 Å². The Kier molecular flexibility index (Phi) is 5.44. The summed E-state index contributed by atoms with van der Waals surface area (Å²) in [6.45, 7) is 1.42. The number of nitrogens with zero attached hydrogens (tertiary/aromatic N) is 4. The Morgan fingerprint density at radius 2 is 1.82 bits per heavy atom. The predicted octanol–water partition coefficient (Wildman–Crippen LogP) is 3.77. The standard InChI is InChI=1S/C18H23F3N4O2S/c1-12-16(18(19,20)21)23-25(14-9-10-15(22-11-14)28(3,26)27)17(12)24(2)13-7-5-4-6-8-13/h9-11,13H,4-8H2,1-3H3. The molecule has 0 aliphatic heterocycles. The van der Waals surface area contributed by atoms with Crippen LogP contribution >= 0.6 is 0 Å². The molecule has 1 fully saturated rings. The van der Waals surface area contributed by atoms with Gasteiger partial charge >= 0.3 is 6.18 Å². The van der Waals surface area contributed by atoms with E-state index in [9.17, 15) is 21.6 Å². The van der Waals surface area contributed by atoms with Crippen molar-refractivity contribution in [1.29, 1.82) is 0 Å². The van der Waals surface area contributed by atoms with Gasteiger partial charge in [0, 0.05) is 24.9 Å². The van der Waals surface area contributed by atoms with Crippen LogP contribution in [0.15, 0.2) is 23.4 Å². The molecule has 0 saturated heterocycles. The van der Waals surface area contributed by atoms with E-state index in [2.05, 4.69) is 10.1 Å². The van der Waals surface area contributed by atoms with Gasteiger partial charge in [-0.15, -0.1) is 0 Å². The fraction of sp³-hybridized carbons (Fsp3) is 0.556. The van der Waals surface area contributed by atoms with Crippen molar-refractivity contribution in [2.45, 2.75) is 56.3 Å². The van der Waals surface area contributed by atoms with Crippen LogP contribution in [0.25, 0.3) is 5.69 Å². The normalized spacial score (nSPS) is 16.4. The van der Waals surface area contributed by atoms with Crippen LogP contribution in [0.4, 0.5) is 19.0 Å². The molecule has 6 nitrogen and oxygen atoms in total. The first-order chi connectivity index (χ1) is 13.0. The molecule has 10 heteroatoms. The third kappa shape index (κ3) is 4.01. The van der Waals surface area contributed by atoms with Crippen LogP contribution in [0.2, 0.25) is 0 Å². The first-order valence-electron chi connectivity index (χ1n) is 9.06. The molecule has 0 bridgehead atoms. The number of aromatic nitrogens is 3. The zero-order valence-electron chi connectivity index (χ0n) is 16.0. The maximum absolute atomic E-state index is 13.5. The van der Waals surface area contributed by atoms with Gasteiger partial charge < -0.3 is 4.90 Å². The lowest BCUT2D eigenvalue weighted by atomic mass is 9.94. The van der Waals surface area contributed by atoms with Crippen molar-refractivity contribution in [3.05, 3.63) is 29.6 Å². The van der Waals surface area contributed by atoms with Crippen LogP contribution < -0.4 is 4.90 Å². The Bertz CT molecular complexity index is 946. The molecule has 1 aliphatic carbocycles. The van der Waals surface area contributed by atoms with E-state index in [4.69, 9.17) is 0 Å². The van der Waals surface area contributed by atoms with Crippen LogP contribution in [-0.4, -0.2) is 42.5 Å². The van der Waals surface area contributed by atoms with E-state index in [0.29, 0.717) is 5.82 Å². The Labute approximate surface area is 162 Å². The number of pyridine rings is 1. The molecule has 1 saturated carbocycles. The Morgan fingerprint density at radius 1 is 1.18 bits per heavy atom. The number of halogens is 3. The van der Waals surface area contributed by atoms with Gasteiger partial charge in [0.1, 0.15) is 5.82 Å². The first kappa shape index (κ1) is 20.6. The summed E-state index contributed by atoms with van der Waals surface area (Å²) in [4.78, 5) is 5.75. The lowest BCUT2D eigenvalue weighted by Crippen LogP contribution is -2.35. The van der Waals surface area contributed by atoms with Crippen molar-refractivity contribution in [1.82, 2.24) is 14.8 Å². The minimum atomic E-state index is -4.59. The van der Waals surface area contributed by atoms with E-state index in [1.165, 1.54) is 29.9 Å². The summed E-state index contributed by atoms with van der Waals surface area (Å²) in [7, 11) is -1.72. The van der Waals surface area contributed by atoms with Crippen molar-refractivity contribution in [2.24, 2.45) is 0 Å². The minimum absolute atomic E-state index is 0.0489. The highest BCUT2D eigenvalue weighted by Gasteiger charge is 2.39. The molecule has 2 aromatic rings. The zero-order valence-corrected chi connectivity index (χ0v) is 16.8. The van der Waals surface area contributed by atoms with Crippen LogP contribution in [-0.2, 0) is 16.0 Å². The minimum Gasteiger partial charge on any atom is -0.356 e. The molecule has 0 atom stereocenters. The molecule has 0 amide bonds. The third-order valence-corrected chi connectivity index (χ3v) is 6.16. The summed E-state index contributed by atoms with van der Waals surface area (Å²) in [6, 6.07) is 2.83. The molecule has 2 heterocycles. The molecular weight excluding hydrogens is 393 g/mol. The van der Waals surface area contributed by atoms with Gasteiger partial charge in [-0.1, -0.05) is 19.3 Å². The highest BCUT2D eigenvalue weighted by Crippen LogP contribution is 2.38. The summed E-state index contributed by atoms with van der Waals surface area (Å²) in [5.74, 6) is 0.355. The van der Waals surface area contributed by atoms with E-state index in [0.717, 1.165) is 38.4 Å². The summed E-state index contributed by atoms with van der Waals surface area (Å²) in [6.07, 6.45) is 2.71. The summed E-state index contributed by atoms with van der Waals surface area (Å²) in [5.41, 5.74) is -0.617. The van der Waals surface area contributed by atoms with Crippen LogP contribution in [0.3, 0.4) is 0 Å². The Balaban J connectivity index is 2.11. The second-order valence-corrected chi connectivity index (χ2v) is 9.20. The molecule has 0 N–H and O–H groups in total. The van der Waals surface area contributed by atoms with E-state index < -0.39 is 21.7 Å². The fourth-order valence-corrected chi connectivity index (χ4v) is 4.27. The second kappa shape index (κ2) is 7.38. The van der Waals surface area contributed by atoms with E-state index in [1.54, 1.807) is 7.05 Å². The lowest BCUT2D eigenvalue weighted by Gasteiger charge is -2.33. The SMILES string of the molecule is Cc1c(C(F)(F)F)nn(-c2ccc(S(C)(=O)=O)nc2)c1N(C)C1CCCCC1. The number of anilines is 1. The maximum atomic E-state index is 13.5. The van der Waals surface area contributed by atoms with Crippen LogP contribution in [0.5, 0.6) is 0 Å². The Hall–Kier alpha value is -2.10. The number of alkyl halides is 3. The maximum Gasteiger partial charge on any atom is 0.435 e. The smallest absolute Gasteiger partial charge is 0.356 e. The molecule has 2 aromatic heterocycles. The van der Waals surface area contributed by atoms with E-state index in [-0.39, 0.29) is 22.3 Å². The number of rotatable bonds is 4. The van der Waals surface area contributed by atoms with Gasteiger partial charge in [0.05, 0.1) is 11.9 Å². The number of sulfone groups is 1. The average molecular weight is 416 g/mol. The van der Waals surface area contributed by atoms with Crippen molar-refractivity contribution < 1.29 is 21.6 Å². The van der Waals surface area contributed by atoms with Crippen molar-refractivity contribution >= 4 is 15.7 Å².